The zero-order chi connectivity index (χ0) is 15.3. The van der Waals surface area contributed by atoms with Crippen LogP contribution in [0.3, 0.4) is 0 Å². The Morgan fingerprint density at radius 1 is 1.50 bits per heavy atom. The summed E-state index contributed by atoms with van der Waals surface area (Å²) in [5.41, 5.74) is 1.46. The molecular formula is C15H17FN4O2. The first-order valence-corrected chi connectivity index (χ1v) is 7.39. The maximum Gasteiger partial charge on any atom is 0.148 e. The van der Waals surface area contributed by atoms with Crippen LogP contribution in [-0.2, 0) is 4.74 Å². The van der Waals surface area contributed by atoms with Crippen molar-refractivity contribution in [2.45, 2.75) is 25.7 Å². The minimum Gasteiger partial charge on any atom is -0.394 e. The summed E-state index contributed by atoms with van der Waals surface area (Å²) in [4.78, 5) is 8.56. The second kappa shape index (κ2) is 5.03. The molecule has 4 heterocycles. The van der Waals surface area contributed by atoms with E-state index in [1.54, 1.807) is 0 Å². The molecule has 2 N–H and O–H groups in total. The highest BCUT2D eigenvalue weighted by molar-refractivity contribution is 5.96. The molecule has 0 radical (unpaired) electrons. The summed E-state index contributed by atoms with van der Waals surface area (Å²) >= 11 is 0. The quantitative estimate of drug-likeness (QED) is 0.889. The van der Waals surface area contributed by atoms with E-state index >= 15 is 0 Å². The average Bonchev–Trinajstić information content (AvgIpc) is 3.01. The van der Waals surface area contributed by atoms with Gasteiger partial charge in [0, 0.05) is 17.7 Å². The van der Waals surface area contributed by atoms with Crippen LogP contribution in [-0.4, -0.2) is 38.9 Å². The van der Waals surface area contributed by atoms with Crippen molar-refractivity contribution in [1.29, 1.82) is 0 Å². The average molecular weight is 304 g/mol. The molecule has 6 nitrogen and oxygen atoms in total. The van der Waals surface area contributed by atoms with E-state index in [-0.39, 0.29) is 37.2 Å². The lowest BCUT2D eigenvalue weighted by Gasteiger charge is -2.18. The highest BCUT2D eigenvalue weighted by atomic mass is 19.1. The number of halogens is 1. The number of aliphatic hydroxyl groups excluding tert-OH is 1. The summed E-state index contributed by atoms with van der Waals surface area (Å²) < 4.78 is 21.6. The van der Waals surface area contributed by atoms with Crippen LogP contribution in [0.15, 0.2) is 18.4 Å². The predicted octanol–water partition coefficient (Wildman–Crippen LogP) is 2.08. The first-order chi connectivity index (χ1) is 10.7. The molecule has 2 aliphatic rings. The number of aromatic nitrogens is 3. The second-order valence-corrected chi connectivity index (χ2v) is 5.90. The zero-order valence-electron chi connectivity index (χ0n) is 12.2. The minimum atomic E-state index is -0.245. The molecule has 2 aromatic heterocycles. The van der Waals surface area contributed by atoms with E-state index in [0.717, 1.165) is 17.4 Å². The highest BCUT2D eigenvalue weighted by Crippen LogP contribution is 2.39. The smallest absolute Gasteiger partial charge is 0.148 e. The molecule has 0 spiro atoms. The van der Waals surface area contributed by atoms with Gasteiger partial charge in [-0.25, -0.2) is 14.4 Å². The maximum absolute atomic E-state index is 13.8. The Kier molecular flexibility index (Phi) is 3.12. The number of hydrogen-bond acceptors (Lipinski definition) is 5. The van der Waals surface area contributed by atoms with Crippen molar-refractivity contribution in [1.82, 2.24) is 14.5 Å². The van der Waals surface area contributed by atoms with Gasteiger partial charge in [-0.15, -0.1) is 0 Å². The summed E-state index contributed by atoms with van der Waals surface area (Å²) in [6.07, 6.45) is 5.24. The number of nitrogens with one attached hydrogen (secondary N) is 1. The Morgan fingerprint density at radius 2 is 2.36 bits per heavy atom. The molecule has 22 heavy (non-hydrogen) atoms. The fourth-order valence-corrected chi connectivity index (χ4v) is 3.31. The van der Waals surface area contributed by atoms with Gasteiger partial charge in [0.2, 0.25) is 0 Å². The van der Waals surface area contributed by atoms with Crippen molar-refractivity contribution >= 4 is 22.9 Å². The number of anilines is 1. The fourth-order valence-electron chi connectivity index (χ4n) is 3.31. The van der Waals surface area contributed by atoms with Gasteiger partial charge in [-0.2, -0.15) is 0 Å². The molecule has 2 aromatic rings. The summed E-state index contributed by atoms with van der Waals surface area (Å²) in [6.45, 7) is 2.21. The number of ether oxygens (including phenoxy) is 1. The molecule has 2 aliphatic heterocycles. The molecule has 0 bridgehead atoms. The summed E-state index contributed by atoms with van der Waals surface area (Å²) in [5.74, 6) is 0.626. The van der Waals surface area contributed by atoms with Gasteiger partial charge in [0.1, 0.15) is 29.8 Å². The van der Waals surface area contributed by atoms with Crippen molar-refractivity contribution in [2.75, 3.05) is 18.5 Å². The lowest BCUT2D eigenvalue weighted by molar-refractivity contribution is -0.0291. The Balaban J connectivity index is 1.87. The summed E-state index contributed by atoms with van der Waals surface area (Å²) in [7, 11) is 0. The molecule has 3 atom stereocenters. The Hall–Kier alpha value is -1.99. The predicted molar refractivity (Wildman–Crippen MR) is 79.9 cm³/mol. The van der Waals surface area contributed by atoms with E-state index in [0.29, 0.717) is 11.5 Å². The molecule has 0 aromatic carbocycles. The monoisotopic (exact) mass is 304 g/mol. The normalized spacial score (nSPS) is 27.6. The van der Waals surface area contributed by atoms with Crippen LogP contribution in [0, 0.1) is 5.92 Å². The van der Waals surface area contributed by atoms with Gasteiger partial charge in [0.05, 0.1) is 24.6 Å². The molecule has 0 amide bonds. The van der Waals surface area contributed by atoms with E-state index in [1.807, 2.05) is 10.8 Å². The van der Waals surface area contributed by atoms with Crippen LogP contribution < -0.4 is 5.32 Å². The fraction of sp³-hybridized carbons (Fsp3) is 0.467. The third kappa shape index (κ3) is 2.00. The molecular weight excluding hydrogens is 287 g/mol. The van der Waals surface area contributed by atoms with Crippen molar-refractivity contribution in [2.24, 2.45) is 5.92 Å². The van der Waals surface area contributed by atoms with Gasteiger partial charge in [-0.3, -0.25) is 0 Å². The topological polar surface area (TPSA) is 72.2 Å². The molecule has 116 valence electrons. The number of rotatable bonds is 2. The minimum absolute atomic E-state index is 0.00319. The summed E-state index contributed by atoms with van der Waals surface area (Å²) in [5, 5.41) is 13.1. The van der Waals surface area contributed by atoms with Gasteiger partial charge >= 0.3 is 0 Å². The first kappa shape index (κ1) is 13.7. The van der Waals surface area contributed by atoms with Crippen LogP contribution in [0.5, 0.6) is 0 Å². The second-order valence-electron chi connectivity index (χ2n) is 5.90. The maximum atomic E-state index is 13.8. The largest absolute Gasteiger partial charge is 0.394 e. The highest BCUT2D eigenvalue weighted by Gasteiger charge is 2.34. The van der Waals surface area contributed by atoms with E-state index in [4.69, 9.17) is 4.74 Å². The molecule has 0 unspecified atom stereocenters. The SMILES string of the molecule is C[C@H]1C[C@@H](CO)O[C@H]1n1cc2c3c(ncnc31)NCC(F)=C2. The lowest BCUT2D eigenvalue weighted by atomic mass is 10.1. The molecule has 0 aliphatic carbocycles. The molecule has 4 rings (SSSR count). The molecule has 7 heteroatoms. The van der Waals surface area contributed by atoms with E-state index < -0.39 is 0 Å². The van der Waals surface area contributed by atoms with Crippen LogP contribution in [0.25, 0.3) is 17.1 Å². The number of hydrogen-bond donors (Lipinski definition) is 2. The molecule has 1 saturated heterocycles. The van der Waals surface area contributed by atoms with Crippen molar-refractivity contribution in [3.63, 3.8) is 0 Å². The third-order valence-corrected chi connectivity index (χ3v) is 4.31. The lowest BCUT2D eigenvalue weighted by Crippen LogP contribution is -2.15. The van der Waals surface area contributed by atoms with Gasteiger partial charge in [0.15, 0.2) is 0 Å². The van der Waals surface area contributed by atoms with E-state index in [2.05, 4.69) is 22.2 Å². The van der Waals surface area contributed by atoms with Gasteiger partial charge in [-0.1, -0.05) is 6.92 Å². The van der Waals surface area contributed by atoms with Crippen LogP contribution in [0.1, 0.15) is 25.1 Å². The number of aliphatic hydroxyl groups is 1. The molecule has 0 saturated carbocycles. The third-order valence-electron chi connectivity index (χ3n) is 4.31. The van der Waals surface area contributed by atoms with Gasteiger partial charge < -0.3 is 19.7 Å². The summed E-state index contributed by atoms with van der Waals surface area (Å²) in [6, 6.07) is 0. The van der Waals surface area contributed by atoms with Crippen LogP contribution in [0.4, 0.5) is 10.2 Å². The van der Waals surface area contributed by atoms with Crippen molar-refractivity contribution < 1.29 is 14.2 Å². The van der Waals surface area contributed by atoms with Gasteiger partial charge in [0.25, 0.3) is 0 Å². The molecule has 1 fully saturated rings. The van der Waals surface area contributed by atoms with Crippen molar-refractivity contribution in [3.8, 4) is 0 Å². The number of nitrogens with zero attached hydrogens (tertiary/aromatic N) is 3. The van der Waals surface area contributed by atoms with Gasteiger partial charge in [-0.05, 0) is 12.5 Å². The Morgan fingerprint density at radius 3 is 3.14 bits per heavy atom. The standard InChI is InChI=1S/C15H17FN4O2/c1-8-2-11(6-21)22-15(8)20-5-9-3-10(16)4-17-13-12(9)14(20)19-7-18-13/h3,5,7-8,11,15,21H,2,4,6H2,1H3,(H,17,18,19)/t8-,11-,15+/m0/s1. The first-order valence-electron chi connectivity index (χ1n) is 7.39. The Bertz CT molecular complexity index is 757. The van der Waals surface area contributed by atoms with E-state index in [1.165, 1.54) is 12.4 Å². The van der Waals surface area contributed by atoms with Crippen molar-refractivity contribution in [3.05, 3.63) is 23.9 Å². The zero-order valence-corrected chi connectivity index (χ0v) is 12.2. The van der Waals surface area contributed by atoms with E-state index in [9.17, 15) is 9.50 Å². The Labute approximate surface area is 126 Å². The van der Waals surface area contributed by atoms with Crippen LogP contribution in [0.2, 0.25) is 0 Å². The van der Waals surface area contributed by atoms with Crippen LogP contribution >= 0.6 is 0 Å².